The summed E-state index contributed by atoms with van der Waals surface area (Å²) >= 11 is 2.81. The summed E-state index contributed by atoms with van der Waals surface area (Å²) in [5.74, 6) is 1.17. The number of nitrogens with one attached hydrogen (secondary N) is 2. The van der Waals surface area contributed by atoms with Crippen LogP contribution in [0.15, 0.2) is 78.5 Å². The predicted octanol–water partition coefficient (Wildman–Crippen LogP) is 5.64. The quantitative estimate of drug-likeness (QED) is 0.168. The van der Waals surface area contributed by atoms with Gasteiger partial charge in [-0.3, -0.25) is 14.2 Å². The van der Waals surface area contributed by atoms with Gasteiger partial charge >= 0.3 is 0 Å². The number of fused-ring (bicyclic) bond motifs is 1. The number of amides is 2. The second kappa shape index (κ2) is 13.5. The number of carbonyl (C=O) groups excluding carboxylic acids is 2. The molecule has 0 bridgehead atoms. The number of hydrogen-bond acceptors (Lipinski definition) is 7. The number of hydrogen-bond donors (Lipinski definition) is 2. The Morgan fingerprint density at radius 3 is 2.58 bits per heavy atom. The van der Waals surface area contributed by atoms with Crippen molar-refractivity contribution in [2.75, 3.05) is 11.1 Å². The number of thiophene rings is 1. The number of allylic oxidation sites excluding steroid dienone is 1. The molecule has 0 radical (unpaired) electrons. The molecule has 40 heavy (non-hydrogen) atoms. The lowest BCUT2D eigenvalue weighted by Crippen LogP contribution is -2.25. The number of ether oxygens (including phenoxy) is 1. The van der Waals surface area contributed by atoms with Crippen LogP contribution in [0.4, 0.5) is 5.00 Å². The maximum Gasteiger partial charge on any atom is 0.254 e. The van der Waals surface area contributed by atoms with Crippen molar-refractivity contribution in [1.29, 1.82) is 0 Å². The Labute approximate surface area is 241 Å². The SMILES string of the molecule is C=CCn1c(COc2ccccc2)nnc1SCC(=O)Nc1sc2c(c1C(=O)NCc1ccccc1)CCCC2. The zero-order valence-electron chi connectivity index (χ0n) is 22.1. The minimum absolute atomic E-state index is 0.127. The molecule has 2 amide bonds. The van der Waals surface area contributed by atoms with E-state index in [2.05, 4.69) is 27.4 Å². The Kier molecular flexibility index (Phi) is 9.30. The summed E-state index contributed by atoms with van der Waals surface area (Å²) in [6, 6.07) is 19.3. The lowest BCUT2D eigenvalue weighted by atomic mass is 9.95. The summed E-state index contributed by atoms with van der Waals surface area (Å²) in [7, 11) is 0. The van der Waals surface area contributed by atoms with Crippen LogP contribution in [0.2, 0.25) is 0 Å². The molecule has 0 aliphatic heterocycles. The number of para-hydroxylation sites is 1. The van der Waals surface area contributed by atoms with Gasteiger partial charge in [0.05, 0.1) is 11.3 Å². The van der Waals surface area contributed by atoms with Crippen molar-refractivity contribution >= 4 is 39.9 Å². The average Bonchev–Trinajstić information content (AvgIpc) is 3.55. The number of benzene rings is 2. The van der Waals surface area contributed by atoms with Gasteiger partial charge in [0.2, 0.25) is 5.91 Å². The van der Waals surface area contributed by atoms with Gasteiger partial charge in [-0.25, -0.2) is 0 Å². The number of rotatable bonds is 12. The van der Waals surface area contributed by atoms with Crippen molar-refractivity contribution < 1.29 is 14.3 Å². The van der Waals surface area contributed by atoms with Gasteiger partial charge in [-0.2, -0.15) is 0 Å². The summed E-state index contributed by atoms with van der Waals surface area (Å²) in [6.07, 6.45) is 5.68. The zero-order chi connectivity index (χ0) is 27.7. The van der Waals surface area contributed by atoms with Crippen molar-refractivity contribution in [3.63, 3.8) is 0 Å². The van der Waals surface area contributed by atoms with Crippen molar-refractivity contribution in [3.05, 3.63) is 101 Å². The highest BCUT2D eigenvalue weighted by molar-refractivity contribution is 7.99. The molecule has 0 atom stereocenters. The lowest BCUT2D eigenvalue weighted by Gasteiger charge is -2.13. The number of anilines is 1. The molecule has 10 heteroatoms. The highest BCUT2D eigenvalue weighted by atomic mass is 32.2. The van der Waals surface area contributed by atoms with E-state index in [1.807, 2.05) is 65.2 Å². The van der Waals surface area contributed by atoms with Crippen LogP contribution in [0.5, 0.6) is 5.75 Å². The first kappa shape index (κ1) is 27.7. The minimum atomic E-state index is -0.198. The molecule has 8 nitrogen and oxygen atoms in total. The van der Waals surface area contributed by atoms with Crippen LogP contribution in [-0.4, -0.2) is 32.3 Å². The highest BCUT2D eigenvalue weighted by Crippen LogP contribution is 2.38. The summed E-state index contributed by atoms with van der Waals surface area (Å²) in [5.41, 5.74) is 2.70. The van der Waals surface area contributed by atoms with Gasteiger partial charge < -0.3 is 15.4 Å². The molecule has 206 valence electrons. The maximum absolute atomic E-state index is 13.3. The van der Waals surface area contributed by atoms with Gasteiger partial charge in [-0.1, -0.05) is 66.4 Å². The lowest BCUT2D eigenvalue weighted by molar-refractivity contribution is -0.113. The fourth-order valence-corrected chi connectivity index (χ4v) is 6.63. The molecule has 1 aliphatic rings. The van der Waals surface area contributed by atoms with Crippen molar-refractivity contribution in [1.82, 2.24) is 20.1 Å². The molecule has 4 aromatic rings. The van der Waals surface area contributed by atoms with E-state index < -0.39 is 0 Å². The molecule has 2 aromatic heterocycles. The van der Waals surface area contributed by atoms with Crippen molar-refractivity contribution in [2.45, 2.75) is 50.5 Å². The van der Waals surface area contributed by atoms with Crippen molar-refractivity contribution in [2.24, 2.45) is 0 Å². The first-order valence-electron chi connectivity index (χ1n) is 13.2. The van der Waals surface area contributed by atoms with Crippen LogP contribution >= 0.6 is 23.1 Å². The Balaban J connectivity index is 1.24. The van der Waals surface area contributed by atoms with Crippen LogP contribution < -0.4 is 15.4 Å². The van der Waals surface area contributed by atoms with Crippen LogP contribution in [0.25, 0.3) is 0 Å². The molecule has 2 aromatic carbocycles. The number of aryl methyl sites for hydroxylation is 1. The molecule has 2 heterocycles. The minimum Gasteiger partial charge on any atom is -0.486 e. The Hall–Kier alpha value is -3.89. The molecule has 0 unspecified atom stereocenters. The van der Waals surface area contributed by atoms with Crippen LogP contribution in [0.1, 0.15) is 45.0 Å². The summed E-state index contributed by atoms with van der Waals surface area (Å²) in [4.78, 5) is 27.6. The first-order valence-corrected chi connectivity index (χ1v) is 15.0. The molecule has 1 aliphatic carbocycles. The normalized spacial score (nSPS) is 12.4. The van der Waals surface area contributed by atoms with Gasteiger partial charge in [0.1, 0.15) is 17.4 Å². The summed E-state index contributed by atoms with van der Waals surface area (Å²) in [5, 5.41) is 15.8. The van der Waals surface area contributed by atoms with Gasteiger partial charge in [0.25, 0.3) is 5.91 Å². The zero-order valence-corrected chi connectivity index (χ0v) is 23.7. The number of aromatic nitrogens is 3. The van der Waals surface area contributed by atoms with Gasteiger partial charge in [0, 0.05) is 18.0 Å². The summed E-state index contributed by atoms with van der Waals surface area (Å²) < 4.78 is 7.73. The van der Waals surface area contributed by atoms with E-state index in [-0.39, 0.29) is 24.2 Å². The third-order valence-electron chi connectivity index (χ3n) is 6.50. The molecule has 5 rings (SSSR count). The molecule has 0 saturated carbocycles. The van der Waals surface area contributed by atoms with E-state index in [1.54, 1.807) is 6.08 Å². The fourth-order valence-electron chi connectivity index (χ4n) is 4.56. The van der Waals surface area contributed by atoms with E-state index in [9.17, 15) is 9.59 Å². The molecular weight excluding hydrogens is 542 g/mol. The second-order valence-electron chi connectivity index (χ2n) is 9.32. The first-order chi connectivity index (χ1) is 19.6. The topological polar surface area (TPSA) is 98.1 Å². The Bertz CT molecular complexity index is 1470. The van der Waals surface area contributed by atoms with E-state index in [0.717, 1.165) is 42.6 Å². The average molecular weight is 574 g/mol. The maximum atomic E-state index is 13.3. The second-order valence-corrected chi connectivity index (χ2v) is 11.4. The van der Waals surface area contributed by atoms with E-state index >= 15 is 0 Å². The number of nitrogens with zero attached hydrogens (tertiary/aromatic N) is 3. The highest BCUT2D eigenvalue weighted by Gasteiger charge is 2.26. The van der Waals surface area contributed by atoms with E-state index in [1.165, 1.54) is 28.0 Å². The Morgan fingerprint density at radius 2 is 1.80 bits per heavy atom. The standard InChI is InChI=1S/C30H31N5O3S2/c1-2-17-35-25(19-38-22-13-7-4-8-14-22)33-34-30(35)39-20-26(36)32-29-27(23-15-9-10-16-24(23)40-29)28(37)31-18-21-11-5-3-6-12-21/h2-8,11-14H,1,9-10,15-20H2,(H,31,37)(H,32,36). The third-order valence-corrected chi connectivity index (χ3v) is 8.67. The van der Waals surface area contributed by atoms with Gasteiger partial charge in [-0.15, -0.1) is 28.1 Å². The monoisotopic (exact) mass is 573 g/mol. The number of carbonyl (C=O) groups is 2. The van der Waals surface area contributed by atoms with Crippen LogP contribution in [0, 0.1) is 0 Å². The molecule has 0 fully saturated rings. The molecule has 2 N–H and O–H groups in total. The van der Waals surface area contributed by atoms with Gasteiger partial charge in [0.15, 0.2) is 11.0 Å². The fraction of sp³-hybridized carbons (Fsp3) is 0.267. The van der Waals surface area contributed by atoms with Crippen molar-refractivity contribution in [3.8, 4) is 5.75 Å². The predicted molar refractivity (Wildman–Crippen MR) is 159 cm³/mol. The number of thioether (sulfide) groups is 1. The summed E-state index contributed by atoms with van der Waals surface area (Å²) in [6.45, 7) is 5.01. The van der Waals surface area contributed by atoms with E-state index in [0.29, 0.717) is 34.6 Å². The smallest absolute Gasteiger partial charge is 0.254 e. The molecule has 0 saturated heterocycles. The largest absolute Gasteiger partial charge is 0.486 e. The molecular formula is C30H31N5O3S2. The Morgan fingerprint density at radius 1 is 1.05 bits per heavy atom. The third kappa shape index (κ3) is 6.81. The molecule has 0 spiro atoms. The van der Waals surface area contributed by atoms with Gasteiger partial charge in [-0.05, 0) is 48.9 Å². The van der Waals surface area contributed by atoms with Crippen LogP contribution in [-0.2, 0) is 37.3 Å². The van der Waals surface area contributed by atoms with Crippen LogP contribution in [0.3, 0.4) is 0 Å². The van der Waals surface area contributed by atoms with E-state index in [4.69, 9.17) is 4.74 Å².